The molecule has 1 aromatic heterocycles. The first-order valence-corrected chi connectivity index (χ1v) is 6.03. The molecule has 2 aromatic rings. The average molecular weight is 243 g/mol. The van der Waals surface area contributed by atoms with Crippen molar-refractivity contribution in [3.8, 4) is 5.88 Å². The minimum Gasteiger partial charge on any atom is -0.473 e. The van der Waals surface area contributed by atoms with E-state index < -0.39 is 0 Å². The molecule has 1 heterocycles. The third kappa shape index (κ3) is 3.31. The van der Waals surface area contributed by atoms with Gasteiger partial charge in [-0.3, -0.25) is 0 Å². The molecular formula is C15H17NO2. The van der Waals surface area contributed by atoms with Crippen molar-refractivity contribution in [2.45, 2.75) is 20.0 Å². The van der Waals surface area contributed by atoms with Gasteiger partial charge in [-0.1, -0.05) is 36.4 Å². The smallest absolute Gasteiger partial charge is 0.213 e. The lowest BCUT2D eigenvalue weighted by Gasteiger charge is -2.08. The summed E-state index contributed by atoms with van der Waals surface area (Å²) in [5, 5.41) is 8.91. The Hall–Kier alpha value is -1.87. The van der Waals surface area contributed by atoms with Gasteiger partial charge in [0, 0.05) is 18.4 Å². The lowest BCUT2D eigenvalue weighted by atomic mass is 10.1. The van der Waals surface area contributed by atoms with Crippen LogP contribution in [0.3, 0.4) is 0 Å². The number of hydrogen-bond donors (Lipinski definition) is 1. The lowest BCUT2D eigenvalue weighted by Crippen LogP contribution is -2.01. The largest absolute Gasteiger partial charge is 0.473 e. The fraction of sp³-hybridized carbons (Fsp3) is 0.267. The zero-order valence-electron chi connectivity index (χ0n) is 10.5. The van der Waals surface area contributed by atoms with E-state index in [9.17, 15) is 0 Å². The molecule has 0 unspecified atom stereocenters. The summed E-state index contributed by atoms with van der Waals surface area (Å²) >= 11 is 0. The summed E-state index contributed by atoms with van der Waals surface area (Å²) in [7, 11) is 0. The highest BCUT2D eigenvalue weighted by Crippen LogP contribution is 2.14. The molecule has 0 fully saturated rings. The number of aliphatic hydroxyl groups excluding tert-OH is 1. The second-order valence-corrected chi connectivity index (χ2v) is 4.14. The number of pyridine rings is 1. The second kappa shape index (κ2) is 6.17. The van der Waals surface area contributed by atoms with Gasteiger partial charge in [-0.25, -0.2) is 4.98 Å². The van der Waals surface area contributed by atoms with E-state index >= 15 is 0 Å². The maximum absolute atomic E-state index is 8.91. The molecule has 0 atom stereocenters. The van der Waals surface area contributed by atoms with Crippen LogP contribution in [0.25, 0.3) is 0 Å². The molecule has 3 heteroatoms. The van der Waals surface area contributed by atoms with Crippen molar-refractivity contribution in [1.29, 1.82) is 0 Å². The van der Waals surface area contributed by atoms with Gasteiger partial charge in [0.25, 0.3) is 0 Å². The van der Waals surface area contributed by atoms with Crippen molar-refractivity contribution in [1.82, 2.24) is 4.98 Å². The molecule has 0 aliphatic heterocycles. The van der Waals surface area contributed by atoms with Gasteiger partial charge in [0.15, 0.2) is 0 Å². The van der Waals surface area contributed by atoms with Crippen LogP contribution in [-0.4, -0.2) is 16.7 Å². The third-order valence-electron chi connectivity index (χ3n) is 2.78. The van der Waals surface area contributed by atoms with E-state index in [4.69, 9.17) is 9.84 Å². The molecule has 0 aliphatic carbocycles. The summed E-state index contributed by atoms with van der Waals surface area (Å²) in [6.07, 6.45) is 0.637. The normalized spacial score (nSPS) is 10.3. The number of nitrogens with zero attached hydrogens (tertiary/aromatic N) is 1. The minimum absolute atomic E-state index is 0.146. The summed E-state index contributed by atoms with van der Waals surface area (Å²) in [6.45, 7) is 2.60. The molecule has 18 heavy (non-hydrogen) atoms. The minimum atomic E-state index is 0.146. The van der Waals surface area contributed by atoms with Gasteiger partial charge in [0.2, 0.25) is 5.88 Å². The lowest BCUT2D eigenvalue weighted by molar-refractivity contribution is 0.290. The van der Waals surface area contributed by atoms with E-state index in [-0.39, 0.29) is 6.61 Å². The molecule has 94 valence electrons. The number of hydrogen-bond acceptors (Lipinski definition) is 3. The monoisotopic (exact) mass is 243 g/mol. The molecule has 0 amide bonds. The zero-order valence-corrected chi connectivity index (χ0v) is 10.5. The molecular weight excluding hydrogens is 226 g/mol. The fourth-order valence-electron chi connectivity index (χ4n) is 1.76. The molecule has 3 nitrogen and oxygen atoms in total. The van der Waals surface area contributed by atoms with Crippen molar-refractivity contribution in [2.75, 3.05) is 6.61 Å². The van der Waals surface area contributed by atoms with Crippen LogP contribution < -0.4 is 4.74 Å². The number of aryl methyl sites for hydroxylation is 1. The van der Waals surface area contributed by atoms with Crippen LogP contribution in [0.5, 0.6) is 5.88 Å². The molecule has 1 aromatic carbocycles. The Morgan fingerprint density at radius 2 is 1.89 bits per heavy atom. The quantitative estimate of drug-likeness (QED) is 0.877. The van der Waals surface area contributed by atoms with E-state index in [0.29, 0.717) is 18.9 Å². The van der Waals surface area contributed by atoms with Gasteiger partial charge in [0.05, 0.1) is 0 Å². The van der Waals surface area contributed by atoms with E-state index in [1.54, 1.807) is 0 Å². The highest BCUT2D eigenvalue weighted by Gasteiger charge is 2.02. The van der Waals surface area contributed by atoms with Gasteiger partial charge in [-0.2, -0.15) is 0 Å². The van der Waals surface area contributed by atoms with Crippen LogP contribution >= 0.6 is 0 Å². The number of rotatable bonds is 5. The average Bonchev–Trinajstić information content (AvgIpc) is 2.41. The SMILES string of the molecule is Cc1nc(OCc2ccccc2)ccc1CCO. The Kier molecular flexibility index (Phi) is 4.31. The summed E-state index contributed by atoms with van der Waals surface area (Å²) in [5.41, 5.74) is 3.09. The molecule has 1 N–H and O–H groups in total. The Bertz CT molecular complexity index is 497. The van der Waals surface area contributed by atoms with E-state index in [2.05, 4.69) is 4.98 Å². The number of aromatic nitrogens is 1. The van der Waals surface area contributed by atoms with Gasteiger partial charge in [-0.05, 0) is 24.5 Å². The van der Waals surface area contributed by atoms with Crippen LogP contribution in [0.15, 0.2) is 42.5 Å². The van der Waals surface area contributed by atoms with Gasteiger partial charge >= 0.3 is 0 Å². The highest BCUT2D eigenvalue weighted by atomic mass is 16.5. The van der Waals surface area contributed by atoms with Gasteiger partial charge < -0.3 is 9.84 Å². The predicted octanol–water partition coefficient (Wildman–Crippen LogP) is 2.50. The standard InChI is InChI=1S/C15H17NO2/c1-12-14(9-10-17)7-8-15(16-12)18-11-13-5-3-2-4-6-13/h2-8,17H,9-11H2,1H3. The molecule has 0 aliphatic rings. The Balaban J connectivity index is 2.00. The Morgan fingerprint density at radius 1 is 1.11 bits per heavy atom. The summed E-state index contributed by atoms with van der Waals surface area (Å²) in [5.74, 6) is 0.623. The van der Waals surface area contributed by atoms with Crippen LogP contribution in [-0.2, 0) is 13.0 Å². The topological polar surface area (TPSA) is 42.4 Å². The van der Waals surface area contributed by atoms with E-state index in [0.717, 1.165) is 16.8 Å². The van der Waals surface area contributed by atoms with Crippen molar-refractivity contribution < 1.29 is 9.84 Å². The first-order valence-electron chi connectivity index (χ1n) is 6.03. The first kappa shape index (κ1) is 12.6. The number of benzene rings is 1. The number of ether oxygens (including phenoxy) is 1. The number of aliphatic hydroxyl groups is 1. The first-order chi connectivity index (χ1) is 8.79. The van der Waals surface area contributed by atoms with E-state index in [1.807, 2.05) is 49.4 Å². The van der Waals surface area contributed by atoms with Crippen molar-refractivity contribution in [3.63, 3.8) is 0 Å². The fourth-order valence-corrected chi connectivity index (χ4v) is 1.76. The van der Waals surface area contributed by atoms with Crippen LogP contribution in [0.1, 0.15) is 16.8 Å². The zero-order chi connectivity index (χ0) is 12.8. The summed E-state index contributed by atoms with van der Waals surface area (Å²) in [4.78, 5) is 4.37. The van der Waals surface area contributed by atoms with Gasteiger partial charge in [-0.15, -0.1) is 0 Å². The highest BCUT2D eigenvalue weighted by molar-refractivity contribution is 5.25. The Morgan fingerprint density at radius 3 is 2.56 bits per heavy atom. The molecule has 0 saturated carbocycles. The van der Waals surface area contributed by atoms with Gasteiger partial charge in [0.1, 0.15) is 6.61 Å². The molecule has 2 rings (SSSR count). The van der Waals surface area contributed by atoms with Crippen LogP contribution in [0.4, 0.5) is 0 Å². The van der Waals surface area contributed by atoms with E-state index in [1.165, 1.54) is 0 Å². The third-order valence-corrected chi connectivity index (χ3v) is 2.78. The van der Waals surface area contributed by atoms with Crippen LogP contribution in [0, 0.1) is 6.92 Å². The van der Waals surface area contributed by atoms with Crippen molar-refractivity contribution >= 4 is 0 Å². The second-order valence-electron chi connectivity index (χ2n) is 4.14. The molecule has 0 bridgehead atoms. The summed E-state index contributed by atoms with van der Waals surface area (Å²) in [6, 6.07) is 13.8. The van der Waals surface area contributed by atoms with Crippen molar-refractivity contribution in [3.05, 3.63) is 59.3 Å². The maximum atomic E-state index is 8.91. The molecule has 0 spiro atoms. The Labute approximate surface area is 107 Å². The predicted molar refractivity (Wildman–Crippen MR) is 70.5 cm³/mol. The summed E-state index contributed by atoms with van der Waals surface area (Å²) < 4.78 is 5.63. The van der Waals surface area contributed by atoms with Crippen molar-refractivity contribution in [2.24, 2.45) is 0 Å². The maximum Gasteiger partial charge on any atom is 0.213 e. The molecule has 0 saturated heterocycles. The van der Waals surface area contributed by atoms with Crippen LogP contribution in [0.2, 0.25) is 0 Å². The molecule has 0 radical (unpaired) electrons.